The van der Waals surface area contributed by atoms with Gasteiger partial charge in [0.15, 0.2) is 0 Å². The van der Waals surface area contributed by atoms with E-state index in [1.54, 1.807) is 6.07 Å². The minimum atomic E-state index is -2.17. The third-order valence-corrected chi connectivity index (χ3v) is 8.43. The zero-order valence-corrected chi connectivity index (χ0v) is 29.7. The quantitative estimate of drug-likeness (QED) is 0.163. The van der Waals surface area contributed by atoms with Gasteiger partial charge in [0.1, 0.15) is 5.58 Å². The molecule has 0 atom stereocenters. The first-order chi connectivity index (χ1) is 24.1. The number of furan rings is 1. The number of pyridine rings is 1. The molecule has 3 heterocycles. The van der Waals surface area contributed by atoms with Gasteiger partial charge in [0.25, 0.3) is 0 Å². The molecule has 4 nitrogen and oxygen atoms in total. The second-order valence-corrected chi connectivity index (χ2v) is 12.3. The molecular weight excluding hydrogens is 767 g/mol. The van der Waals surface area contributed by atoms with Gasteiger partial charge in [-0.05, 0) is 59.8 Å². The summed E-state index contributed by atoms with van der Waals surface area (Å²) in [5.74, 6) is 1.80. The number of para-hydroxylation sites is 4. The van der Waals surface area contributed by atoms with Gasteiger partial charge in [-0.1, -0.05) is 98.8 Å². The van der Waals surface area contributed by atoms with Gasteiger partial charge < -0.3 is 14.0 Å². The first-order valence-electron chi connectivity index (χ1n) is 17.5. The summed E-state index contributed by atoms with van der Waals surface area (Å²) in [5, 5.41) is 1.99. The molecule has 0 aliphatic heterocycles. The number of aryl methyl sites for hydroxylation is 1. The molecular formula is C43H37IrN3O-2. The van der Waals surface area contributed by atoms with E-state index in [0.29, 0.717) is 28.7 Å². The molecule has 241 valence electrons. The zero-order chi connectivity index (χ0) is 35.0. The number of fused-ring (bicyclic) bond motifs is 4. The number of hydrogen-bond donors (Lipinski definition) is 0. The molecule has 0 amide bonds. The van der Waals surface area contributed by atoms with Crippen molar-refractivity contribution in [1.29, 1.82) is 0 Å². The maximum Gasteiger partial charge on any atom is 0.120 e. The maximum atomic E-state index is 7.55. The molecule has 0 N–H and O–H groups in total. The molecule has 0 aliphatic rings. The summed E-state index contributed by atoms with van der Waals surface area (Å²) >= 11 is 0. The minimum Gasteiger partial charge on any atom is -0.501 e. The van der Waals surface area contributed by atoms with Crippen LogP contribution < -0.4 is 0 Å². The van der Waals surface area contributed by atoms with E-state index in [1.807, 2.05) is 54.6 Å². The molecule has 0 unspecified atom stereocenters. The topological polar surface area (TPSA) is 43.9 Å². The summed E-state index contributed by atoms with van der Waals surface area (Å²) in [5.41, 5.74) is 10.1. The fourth-order valence-electron chi connectivity index (χ4n) is 6.18. The van der Waals surface area contributed by atoms with Crippen LogP contribution in [0.25, 0.3) is 61.3 Å². The summed E-state index contributed by atoms with van der Waals surface area (Å²) in [7, 11) is 0. The predicted octanol–water partition coefficient (Wildman–Crippen LogP) is 11.5. The molecule has 48 heavy (non-hydrogen) atoms. The standard InChI is InChI=1S/C25H25N2.C18H12NO.Ir/c1-17(2)20-13-10-14-21(18(3)4)24(20)27-23-16-9-8-15-22(23)26-25(27)19-11-6-5-7-12-19;1-12-9-10-19-16(11-12)15-7-4-6-14-13-5-2-3-8-17(13)20-18(14)15;/h5-11,13-18H,1-4H3;2-6,8-11H,1H3;/q2*-1;/i;1D3;. The Morgan fingerprint density at radius 2 is 1.50 bits per heavy atom. The Balaban J connectivity index is 0.000000174. The van der Waals surface area contributed by atoms with Crippen LogP contribution in [0, 0.1) is 19.0 Å². The van der Waals surface area contributed by atoms with Crippen molar-refractivity contribution in [2.24, 2.45) is 0 Å². The molecule has 1 radical (unpaired) electrons. The first-order valence-corrected chi connectivity index (χ1v) is 16.0. The van der Waals surface area contributed by atoms with Gasteiger partial charge >= 0.3 is 0 Å². The number of benzene rings is 5. The van der Waals surface area contributed by atoms with Crippen LogP contribution in [0.2, 0.25) is 0 Å². The Bertz CT molecular complexity index is 2420. The van der Waals surface area contributed by atoms with Crippen LogP contribution in [-0.4, -0.2) is 14.5 Å². The Kier molecular flexibility index (Phi) is 8.62. The van der Waals surface area contributed by atoms with Crippen LogP contribution in [0.1, 0.15) is 60.3 Å². The van der Waals surface area contributed by atoms with Crippen molar-refractivity contribution in [1.82, 2.24) is 14.5 Å². The molecule has 8 aromatic rings. The van der Waals surface area contributed by atoms with Crippen molar-refractivity contribution in [3.05, 3.63) is 150 Å². The van der Waals surface area contributed by atoms with Crippen molar-refractivity contribution in [3.63, 3.8) is 0 Å². The molecule has 0 bridgehead atoms. The number of aromatic nitrogens is 3. The van der Waals surface area contributed by atoms with E-state index in [1.165, 1.54) is 29.1 Å². The molecule has 3 aromatic heterocycles. The molecule has 0 fully saturated rings. The van der Waals surface area contributed by atoms with Gasteiger partial charge in [-0.25, -0.2) is 0 Å². The van der Waals surface area contributed by atoms with Gasteiger partial charge in [-0.3, -0.25) is 4.98 Å². The zero-order valence-electron chi connectivity index (χ0n) is 30.3. The van der Waals surface area contributed by atoms with Crippen LogP contribution >= 0.6 is 0 Å². The number of rotatable bonds is 5. The van der Waals surface area contributed by atoms with Gasteiger partial charge in [-0.2, -0.15) is 0 Å². The average molecular weight is 807 g/mol. The summed E-state index contributed by atoms with van der Waals surface area (Å²) in [4.78, 5) is 9.29. The van der Waals surface area contributed by atoms with E-state index in [9.17, 15) is 0 Å². The third kappa shape index (κ3) is 6.24. The summed E-state index contributed by atoms with van der Waals surface area (Å²) in [6.07, 6.45) is 1.51. The Morgan fingerprint density at radius 1 is 0.750 bits per heavy atom. The normalized spacial score (nSPS) is 12.4. The fraction of sp³-hybridized carbons (Fsp3) is 0.163. The van der Waals surface area contributed by atoms with Crippen LogP contribution in [0.5, 0.6) is 0 Å². The van der Waals surface area contributed by atoms with Gasteiger partial charge in [0.2, 0.25) is 0 Å². The van der Waals surface area contributed by atoms with Gasteiger partial charge in [-0.15, -0.1) is 54.1 Å². The van der Waals surface area contributed by atoms with Gasteiger partial charge in [0, 0.05) is 41.5 Å². The molecule has 5 aromatic carbocycles. The van der Waals surface area contributed by atoms with E-state index in [0.717, 1.165) is 38.8 Å². The van der Waals surface area contributed by atoms with Crippen LogP contribution in [0.3, 0.4) is 0 Å². The van der Waals surface area contributed by atoms with E-state index in [2.05, 4.69) is 97.9 Å². The average Bonchev–Trinajstić information content (AvgIpc) is 3.70. The van der Waals surface area contributed by atoms with Crippen molar-refractivity contribution >= 4 is 33.0 Å². The van der Waals surface area contributed by atoms with E-state index < -0.39 is 6.85 Å². The summed E-state index contributed by atoms with van der Waals surface area (Å²) in [6.45, 7) is 6.87. The molecule has 5 heteroatoms. The van der Waals surface area contributed by atoms with Gasteiger partial charge in [0.05, 0.1) is 22.4 Å². The maximum absolute atomic E-state index is 7.55. The number of hydrogen-bond acceptors (Lipinski definition) is 3. The van der Waals surface area contributed by atoms with E-state index in [4.69, 9.17) is 13.5 Å². The smallest absolute Gasteiger partial charge is 0.120 e. The molecule has 8 rings (SSSR count). The first kappa shape index (κ1) is 29.3. The molecule has 0 saturated carbocycles. The second-order valence-electron chi connectivity index (χ2n) is 12.3. The monoisotopic (exact) mass is 807 g/mol. The molecule has 0 aliphatic carbocycles. The summed E-state index contributed by atoms with van der Waals surface area (Å²) in [6, 6.07) is 44.3. The summed E-state index contributed by atoms with van der Waals surface area (Å²) < 4.78 is 31.0. The molecule has 0 saturated heterocycles. The Hall–Kier alpha value is -4.83. The van der Waals surface area contributed by atoms with E-state index >= 15 is 0 Å². The fourth-order valence-corrected chi connectivity index (χ4v) is 6.18. The molecule has 0 spiro atoms. The number of imidazole rings is 1. The van der Waals surface area contributed by atoms with Crippen LogP contribution in [-0.2, 0) is 20.1 Å². The predicted molar refractivity (Wildman–Crippen MR) is 194 cm³/mol. The largest absolute Gasteiger partial charge is 0.501 e. The van der Waals surface area contributed by atoms with Crippen LogP contribution in [0.15, 0.2) is 126 Å². The van der Waals surface area contributed by atoms with Crippen molar-refractivity contribution in [2.45, 2.75) is 46.4 Å². The Labute approximate surface area is 300 Å². The van der Waals surface area contributed by atoms with Crippen LogP contribution in [0.4, 0.5) is 0 Å². The Morgan fingerprint density at radius 3 is 2.25 bits per heavy atom. The second kappa shape index (κ2) is 14.1. The SMILES string of the molecule is CC(C)c1cccc(C(C)C)c1-n1c(-c2[c-]cccc2)nc2ccccc21.[2H]C([2H])([2H])c1ccnc(-c2[c-]ccc3c2oc2ccccc23)c1.[Ir]. The van der Waals surface area contributed by atoms with Crippen molar-refractivity contribution in [3.8, 4) is 28.3 Å². The van der Waals surface area contributed by atoms with Crippen molar-refractivity contribution < 1.29 is 28.6 Å². The number of nitrogens with zero attached hydrogens (tertiary/aromatic N) is 3. The minimum absolute atomic E-state index is 0. The van der Waals surface area contributed by atoms with E-state index in [-0.39, 0.29) is 25.7 Å². The third-order valence-electron chi connectivity index (χ3n) is 8.43. The van der Waals surface area contributed by atoms with Crippen molar-refractivity contribution in [2.75, 3.05) is 0 Å².